The van der Waals surface area contributed by atoms with Gasteiger partial charge in [-0.3, -0.25) is 0 Å². The van der Waals surface area contributed by atoms with Crippen LogP contribution in [-0.2, 0) is 25.3 Å². The molecule has 2 saturated heterocycles. The van der Waals surface area contributed by atoms with Crippen molar-refractivity contribution in [3.63, 3.8) is 0 Å². The Hall–Kier alpha value is -2.40. The lowest BCUT2D eigenvalue weighted by Gasteiger charge is -2.36. The zero-order chi connectivity index (χ0) is 27.7. The van der Waals surface area contributed by atoms with Crippen LogP contribution in [0.1, 0.15) is 40.2 Å². The number of hydrogen-bond acceptors (Lipinski definition) is 7. The molecule has 1 aromatic heterocycles. The number of anilines is 1. The first-order valence-corrected chi connectivity index (χ1v) is 15.9. The Bertz CT molecular complexity index is 1170. The summed E-state index contributed by atoms with van der Waals surface area (Å²) < 4.78 is 47.8. The molecule has 0 N–H and O–H groups in total. The molecule has 0 aliphatic carbocycles. The lowest BCUT2D eigenvalue weighted by atomic mass is 10.0. The topological polar surface area (TPSA) is 65.4 Å². The predicted octanol–water partition coefficient (Wildman–Crippen LogP) is 6.14. The minimum atomic E-state index is -2.04. The smallest absolute Gasteiger partial charge is 0.192 e. The fourth-order valence-corrected chi connectivity index (χ4v) is 4.81. The van der Waals surface area contributed by atoms with Crippen molar-refractivity contribution in [2.24, 2.45) is 11.1 Å². The lowest BCUT2D eigenvalue weighted by Crippen LogP contribution is -2.48. The molecule has 2 aliphatic heterocycles. The first-order chi connectivity index (χ1) is 17.8. The zero-order valence-electron chi connectivity index (χ0n) is 23.4. The third-order valence-electron chi connectivity index (χ3n) is 7.49. The van der Waals surface area contributed by atoms with Crippen molar-refractivity contribution in [2.75, 3.05) is 37.8 Å². The summed E-state index contributed by atoms with van der Waals surface area (Å²) in [6, 6.07) is 6.44. The third-order valence-corrected chi connectivity index (χ3v) is 12.0. The Balaban J connectivity index is 1.34. The number of halogens is 2. The third kappa shape index (κ3) is 6.59. The van der Waals surface area contributed by atoms with Gasteiger partial charge in [-0.05, 0) is 38.0 Å². The second kappa shape index (κ2) is 11.0. The maximum absolute atomic E-state index is 15.4. The van der Waals surface area contributed by atoms with Gasteiger partial charge < -0.3 is 23.6 Å². The maximum Gasteiger partial charge on any atom is 0.192 e. The Kier molecular flexibility index (Phi) is 8.28. The molecule has 0 atom stereocenters. The molecule has 4 rings (SSSR count). The number of aromatic nitrogens is 1. The average molecular weight is 548 g/mol. The van der Waals surface area contributed by atoms with Gasteiger partial charge in [-0.25, -0.2) is 13.8 Å². The minimum absolute atomic E-state index is 0.0221. The summed E-state index contributed by atoms with van der Waals surface area (Å²) >= 11 is 0. The molecule has 2 aliphatic rings. The summed E-state index contributed by atoms with van der Waals surface area (Å²) in [5, 5.41) is 4.18. The first-order valence-electron chi connectivity index (χ1n) is 13.0. The second-order valence-corrected chi connectivity index (χ2v) is 16.9. The Labute approximate surface area is 225 Å². The molecular weight excluding hydrogens is 508 g/mol. The normalized spacial score (nSPS) is 18.3. The standard InChI is InChI=1S/C28H39F2N3O4Si/c1-27(2,3)38(6,7)37-18-20-9-8-10-23(25(20)30)21-11-24(29)26(31-12-21)33-13-22(14-33)32-36-17-19-15-34-28(4,5)35-16-19/h8-12,19H,13-18H2,1-7H3. The van der Waals surface area contributed by atoms with Crippen molar-refractivity contribution >= 4 is 19.8 Å². The number of benzene rings is 1. The number of ether oxygens (including phenoxy) is 2. The van der Waals surface area contributed by atoms with Gasteiger partial charge in [0.25, 0.3) is 0 Å². The van der Waals surface area contributed by atoms with Gasteiger partial charge in [-0.2, -0.15) is 0 Å². The van der Waals surface area contributed by atoms with Gasteiger partial charge in [-0.1, -0.05) is 44.1 Å². The number of rotatable bonds is 8. The molecule has 0 radical (unpaired) electrons. The van der Waals surface area contributed by atoms with Crippen molar-refractivity contribution in [2.45, 2.75) is 65.1 Å². The number of pyridine rings is 1. The van der Waals surface area contributed by atoms with Gasteiger partial charge >= 0.3 is 0 Å². The van der Waals surface area contributed by atoms with Crippen LogP contribution in [0.2, 0.25) is 18.1 Å². The van der Waals surface area contributed by atoms with Crippen LogP contribution in [0.3, 0.4) is 0 Å². The van der Waals surface area contributed by atoms with Crippen LogP contribution >= 0.6 is 0 Å². The van der Waals surface area contributed by atoms with Crippen LogP contribution in [0.25, 0.3) is 11.1 Å². The quantitative estimate of drug-likeness (QED) is 0.292. The van der Waals surface area contributed by atoms with Gasteiger partial charge in [0.2, 0.25) is 0 Å². The van der Waals surface area contributed by atoms with Crippen LogP contribution < -0.4 is 4.90 Å². The highest BCUT2D eigenvalue weighted by Crippen LogP contribution is 2.37. The summed E-state index contributed by atoms with van der Waals surface area (Å²) in [4.78, 5) is 11.5. The van der Waals surface area contributed by atoms with Crippen molar-refractivity contribution < 1.29 is 27.5 Å². The van der Waals surface area contributed by atoms with Gasteiger partial charge in [0.1, 0.15) is 12.4 Å². The van der Waals surface area contributed by atoms with Crippen molar-refractivity contribution in [1.29, 1.82) is 0 Å². The van der Waals surface area contributed by atoms with E-state index in [9.17, 15) is 0 Å². The Morgan fingerprint density at radius 1 is 1.16 bits per heavy atom. The average Bonchev–Trinajstić information content (AvgIpc) is 2.80. The monoisotopic (exact) mass is 547 g/mol. The first kappa shape index (κ1) is 28.6. The summed E-state index contributed by atoms with van der Waals surface area (Å²) in [6.07, 6.45) is 1.51. The molecule has 0 unspecified atom stereocenters. The van der Waals surface area contributed by atoms with Crippen LogP contribution in [0.15, 0.2) is 35.6 Å². The lowest BCUT2D eigenvalue weighted by molar-refractivity contribution is -0.266. The minimum Gasteiger partial charge on any atom is -0.412 e. The predicted molar refractivity (Wildman–Crippen MR) is 147 cm³/mol. The van der Waals surface area contributed by atoms with E-state index in [1.807, 2.05) is 13.8 Å². The zero-order valence-corrected chi connectivity index (χ0v) is 24.4. The molecule has 1 aromatic carbocycles. The summed E-state index contributed by atoms with van der Waals surface area (Å²) in [7, 11) is -2.04. The summed E-state index contributed by atoms with van der Waals surface area (Å²) in [6.45, 7) is 17.0. The van der Waals surface area contributed by atoms with E-state index in [0.717, 1.165) is 5.71 Å². The van der Waals surface area contributed by atoms with E-state index in [-0.39, 0.29) is 23.4 Å². The van der Waals surface area contributed by atoms with E-state index in [0.29, 0.717) is 49.6 Å². The van der Waals surface area contributed by atoms with Crippen LogP contribution in [-0.4, -0.2) is 57.7 Å². The van der Waals surface area contributed by atoms with Crippen molar-refractivity contribution in [3.8, 4) is 11.1 Å². The Morgan fingerprint density at radius 2 is 1.84 bits per heavy atom. The largest absolute Gasteiger partial charge is 0.412 e. The number of hydrogen-bond donors (Lipinski definition) is 0. The highest BCUT2D eigenvalue weighted by Gasteiger charge is 2.37. The SMILES string of the molecule is CC1(C)OCC(CON=C2CN(c3ncc(-c4cccc(CO[Si](C)(C)C(C)(C)C)c4F)cc3F)C2)CO1. The van der Waals surface area contributed by atoms with Gasteiger partial charge in [0.05, 0.1) is 38.6 Å². The van der Waals surface area contributed by atoms with Crippen LogP contribution in [0.4, 0.5) is 14.6 Å². The second-order valence-electron chi connectivity index (χ2n) is 12.1. The summed E-state index contributed by atoms with van der Waals surface area (Å²) in [5.41, 5.74) is 1.94. The summed E-state index contributed by atoms with van der Waals surface area (Å²) in [5.74, 6) is -1.15. The van der Waals surface area contributed by atoms with Crippen molar-refractivity contribution in [3.05, 3.63) is 47.7 Å². The van der Waals surface area contributed by atoms with E-state index in [2.05, 4.69) is 44.0 Å². The van der Waals surface area contributed by atoms with Crippen molar-refractivity contribution in [1.82, 2.24) is 4.98 Å². The molecule has 2 fully saturated rings. The molecule has 0 amide bonds. The molecule has 3 heterocycles. The van der Waals surface area contributed by atoms with E-state index < -0.39 is 25.7 Å². The molecule has 0 saturated carbocycles. The van der Waals surface area contributed by atoms with Gasteiger partial charge in [0, 0.05) is 28.8 Å². The molecule has 7 nitrogen and oxygen atoms in total. The van der Waals surface area contributed by atoms with Gasteiger partial charge in [-0.15, -0.1) is 0 Å². The van der Waals surface area contributed by atoms with E-state index in [1.165, 1.54) is 12.3 Å². The fraction of sp³-hybridized carbons (Fsp3) is 0.571. The molecule has 10 heteroatoms. The molecule has 0 spiro atoms. The fourth-order valence-electron chi connectivity index (χ4n) is 3.86. The van der Waals surface area contributed by atoms with Crippen LogP contribution in [0.5, 0.6) is 0 Å². The molecule has 208 valence electrons. The van der Waals surface area contributed by atoms with Gasteiger partial charge in [0.15, 0.2) is 25.7 Å². The van der Waals surface area contributed by atoms with Crippen LogP contribution in [0, 0.1) is 17.6 Å². The number of nitrogens with zero attached hydrogens (tertiary/aromatic N) is 3. The Morgan fingerprint density at radius 3 is 2.47 bits per heavy atom. The molecular formula is C28H39F2N3O4Si. The van der Waals surface area contributed by atoms with E-state index in [4.69, 9.17) is 18.7 Å². The van der Waals surface area contributed by atoms with E-state index in [1.54, 1.807) is 23.1 Å². The highest BCUT2D eigenvalue weighted by atomic mass is 28.4. The molecule has 0 bridgehead atoms. The molecule has 2 aromatic rings. The highest BCUT2D eigenvalue weighted by molar-refractivity contribution is 6.74. The maximum atomic E-state index is 15.4. The van der Waals surface area contributed by atoms with E-state index >= 15 is 8.78 Å². The number of oxime groups is 1. The molecule has 38 heavy (non-hydrogen) atoms.